The number of rotatable bonds is 2. The molecule has 0 unspecified atom stereocenters. The Morgan fingerprint density at radius 2 is 2.10 bits per heavy atom. The zero-order chi connectivity index (χ0) is 14.5. The summed E-state index contributed by atoms with van der Waals surface area (Å²) in [5, 5.41) is 11.5. The lowest BCUT2D eigenvalue weighted by molar-refractivity contribution is 0.0693. The van der Waals surface area contributed by atoms with Crippen LogP contribution in [-0.2, 0) is 0 Å². The van der Waals surface area contributed by atoms with Gasteiger partial charge in [0.25, 0.3) is 0 Å². The van der Waals surface area contributed by atoms with Crippen LogP contribution in [0.1, 0.15) is 16.8 Å². The number of amides is 2. The molecule has 20 heavy (non-hydrogen) atoms. The maximum absolute atomic E-state index is 13.5. The summed E-state index contributed by atoms with van der Waals surface area (Å²) < 4.78 is 13.5. The number of anilines is 1. The van der Waals surface area contributed by atoms with Crippen LogP contribution in [0.25, 0.3) is 0 Å². The van der Waals surface area contributed by atoms with Crippen molar-refractivity contribution in [3.63, 3.8) is 0 Å². The van der Waals surface area contributed by atoms with E-state index < -0.39 is 17.3 Å². The van der Waals surface area contributed by atoms with E-state index in [0.29, 0.717) is 13.1 Å². The zero-order valence-corrected chi connectivity index (χ0v) is 11.6. The van der Waals surface area contributed by atoms with Gasteiger partial charge in [-0.15, -0.1) is 0 Å². The fourth-order valence-corrected chi connectivity index (χ4v) is 2.88. The van der Waals surface area contributed by atoms with Gasteiger partial charge in [-0.1, -0.05) is 6.07 Å². The lowest BCUT2D eigenvalue weighted by Gasteiger charge is -2.21. The third-order valence-corrected chi connectivity index (χ3v) is 4.03. The first-order valence-corrected chi connectivity index (χ1v) is 7.40. The number of benzene rings is 1. The standard InChI is InChI=1S/C13H15FN2O3S/c14-9-3-1-4-10(11(9)12(17)18)15-13(19)16-5-2-7-20-8-6-16/h1,3-4H,2,5-8H2,(H,15,19)(H,17,18). The Labute approximate surface area is 120 Å². The van der Waals surface area contributed by atoms with Crippen LogP contribution >= 0.6 is 11.8 Å². The maximum atomic E-state index is 13.5. The molecule has 108 valence electrons. The molecule has 0 aliphatic carbocycles. The normalized spacial score (nSPS) is 15.6. The van der Waals surface area contributed by atoms with Crippen molar-refractivity contribution < 1.29 is 19.1 Å². The van der Waals surface area contributed by atoms with Crippen molar-refractivity contribution in [2.75, 3.05) is 29.9 Å². The van der Waals surface area contributed by atoms with E-state index in [2.05, 4.69) is 5.32 Å². The predicted octanol–water partition coefficient (Wildman–Crippen LogP) is 2.49. The summed E-state index contributed by atoms with van der Waals surface area (Å²) in [5.74, 6) is -0.404. The first kappa shape index (κ1) is 14.6. The molecule has 1 aliphatic rings. The minimum atomic E-state index is -1.40. The highest BCUT2D eigenvalue weighted by Crippen LogP contribution is 2.20. The van der Waals surface area contributed by atoms with Crippen LogP contribution in [0.5, 0.6) is 0 Å². The molecule has 1 aliphatic heterocycles. The Morgan fingerprint density at radius 1 is 1.30 bits per heavy atom. The van der Waals surface area contributed by atoms with Crippen LogP contribution in [0.3, 0.4) is 0 Å². The number of thioether (sulfide) groups is 1. The minimum absolute atomic E-state index is 0.0144. The van der Waals surface area contributed by atoms with Gasteiger partial charge in [-0.2, -0.15) is 11.8 Å². The molecule has 0 spiro atoms. The van der Waals surface area contributed by atoms with Crippen molar-refractivity contribution in [1.82, 2.24) is 4.90 Å². The molecule has 2 rings (SSSR count). The van der Waals surface area contributed by atoms with Crippen molar-refractivity contribution >= 4 is 29.4 Å². The summed E-state index contributed by atoms with van der Waals surface area (Å²) in [5.41, 5.74) is -0.524. The smallest absolute Gasteiger partial charge is 0.340 e. The Kier molecular flexibility index (Phi) is 4.84. The van der Waals surface area contributed by atoms with E-state index in [1.54, 1.807) is 16.7 Å². The number of carbonyl (C=O) groups is 2. The Balaban J connectivity index is 2.15. The molecule has 2 amide bonds. The first-order valence-electron chi connectivity index (χ1n) is 6.25. The van der Waals surface area contributed by atoms with Gasteiger partial charge >= 0.3 is 12.0 Å². The number of halogens is 1. The molecular weight excluding hydrogens is 283 g/mol. The lowest BCUT2D eigenvalue weighted by atomic mass is 10.1. The summed E-state index contributed by atoms with van der Waals surface area (Å²) in [6.07, 6.45) is 0.896. The highest BCUT2D eigenvalue weighted by molar-refractivity contribution is 7.99. The van der Waals surface area contributed by atoms with Gasteiger partial charge in [-0.25, -0.2) is 14.0 Å². The summed E-state index contributed by atoms with van der Waals surface area (Å²) in [6, 6.07) is 3.43. The molecule has 0 radical (unpaired) electrons. The number of aromatic carboxylic acids is 1. The Morgan fingerprint density at radius 3 is 2.85 bits per heavy atom. The molecule has 0 atom stereocenters. The van der Waals surface area contributed by atoms with Crippen LogP contribution in [0.4, 0.5) is 14.9 Å². The topological polar surface area (TPSA) is 69.6 Å². The van der Waals surface area contributed by atoms with E-state index in [4.69, 9.17) is 5.11 Å². The van der Waals surface area contributed by atoms with Gasteiger partial charge in [-0.05, 0) is 24.3 Å². The van der Waals surface area contributed by atoms with Crippen molar-refractivity contribution in [2.24, 2.45) is 0 Å². The molecular formula is C13H15FN2O3S. The van der Waals surface area contributed by atoms with Gasteiger partial charge in [0.2, 0.25) is 0 Å². The van der Waals surface area contributed by atoms with Crippen molar-refractivity contribution in [3.8, 4) is 0 Å². The van der Waals surface area contributed by atoms with E-state index >= 15 is 0 Å². The Bertz CT molecular complexity index is 516. The number of nitrogens with one attached hydrogen (secondary N) is 1. The molecule has 1 saturated heterocycles. The molecule has 0 bridgehead atoms. The number of carbonyl (C=O) groups excluding carboxylic acids is 1. The molecule has 0 aromatic heterocycles. The minimum Gasteiger partial charge on any atom is -0.478 e. The van der Waals surface area contributed by atoms with Gasteiger partial charge in [0.15, 0.2) is 0 Å². The van der Waals surface area contributed by atoms with E-state index in [-0.39, 0.29) is 11.7 Å². The van der Waals surface area contributed by atoms with Crippen molar-refractivity contribution in [2.45, 2.75) is 6.42 Å². The van der Waals surface area contributed by atoms with Crippen molar-refractivity contribution in [3.05, 3.63) is 29.6 Å². The summed E-state index contributed by atoms with van der Waals surface area (Å²) in [6.45, 7) is 1.23. The van der Waals surface area contributed by atoms with Gasteiger partial charge in [-0.3, -0.25) is 0 Å². The quantitative estimate of drug-likeness (QED) is 0.880. The number of urea groups is 1. The SMILES string of the molecule is O=C(O)c1c(F)cccc1NC(=O)N1CCCSCC1. The fraction of sp³-hybridized carbons (Fsp3) is 0.385. The summed E-state index contributed by atoms with van der Waals surface area (Å²) in [4.78, 5) is 24.8. The van der Waals surface area contributed by atoms with Crippen molar-refractivity contribution in [1.29, 1.82) is 0 Å². The molecule has 2 N–H and O–H groups in total. The second kappa shape index (κ2) is 6.60. The predicted molar refractivity (Wildman–Crippen MR) is 75.9 cm³/mol. The average Bonchev–Trinajstić information content (AvgIpc) is 2.67. The highest BCUT2D eigenvalue weighted by atomic mass is 32.2. The van der Waals surface area contributed by atoms with Gasteiger partial charge in [0, 0.05) is 18.8 Å². The number of carboxylic acid groups (broad SMARTS) is 1. The third-order valence-electron chi connectivity index (χ3n) is 2.98. The first-order chi connectivity index (χ1) is 9.59. The number of carboxylic acids is 1. The lowest BCUT2D eigenvalue weighted by Crippen LogP contribution is -2.36. The number of hydrogen-bond acceptors (Lipinski definition) is 3. The van der Waals surface area contributed by atoms with E-state index in [0.717, 1.165) is 24.0 Å². The van der Waals surface area contributed by atoms with E-state index in [1.165, 1.54) is 12.1 Å². The van der Waals surface area contributed by atoms with E-state index in [9.17, 15) is 14.0 Å². The molecule has 0 saturated carbocycles. The van der Waals surface area contributed by atoms with Crippen LogP contribution in [0.15, 0.2) is 18.2 Å². The molecule has 1 fully saturated rings. The summed E-state index contributed by atoms with van der Waals surface area (Å²) >= 11 is 1.78. The van der Waals surface area contributed by atoms with Crippen LogP contribution in [-0.4, -0.2) is 46.6 Å². The second-order valence-corrected chi connectivity index (χ2v) is 5.58. The van der Waals surface area contributed by atoms with Crippen LogP contribution in [0.2, 0.25) is 0 Å². The molecule has 1 aromatic carbocycles. The number of hydrogen-bond donors (Lipinski definition) is 2. The summed E-state index contributed by atoms with van der Waals surface area (Å²) in [7, 11) is 0. The average molecular weight is 298 g/mol. The second-order valence-electron chi connectivity index (χ2n) is 4.35. The monoisotopic (exact) mass is 298 g/mol. The molecule has 5 nitrogen and oxygen atoms in total. The third kappa shape index (κ3) is 3.41. The molecule has 1 aromatic rings. The maximum Gasteiger partial charge on any atom is 0.340 e. The number of nitrogens with zero attached hydrogens (tertiary/aromatic N) is 1. The highest BCUT2D eigenvalue weighted by Gasteiger charge is 2.20. The van der Waals surface area contributed by atoms with Gasteiger partial charge in [0.05, 0.1) is 5.69 Å². The Hall–Kier alpha value is -1.76. The molecule has 1 heterocycles. The van der Waals surface area contributed by atoms with E-state index in [1.807, 2.05) is 0 Å². The fourth-order valence-electron chi connectivity index (χ4n) is 1.99. The zero-order valence-electron chi connectivity index (χ0n) is 10.8. The van der Waals surface area contributed by atoms with Crippen LogP contribution in [0, 0.1) is 5.82 Å². The van der Waals surface area contributed by atoms with Gasteiger partial charge in [0.1, 0.15) is 11.4 Å². The van der Waals surface area contributed by atoms with Crippen LogP contribution < -0.4 is 5.32 Å². The molecule has 7 heteroatoms. The largest absolute Gasteiger partial charge is 0.478 e. The van der Waals surface area contributed by atoms with Gasteiger partial charge < -0.3 is 15.3 Å².